The van der Waals surface area contributed by atoms with Crippen LogP contribution in [0.2, 0.25) is 0 Å². The normalized spacial score (nSPS) is 22.0. The van der Waals surface area contributed by atoms with Gasteiger partial charge >= 0.3 is 13.3 Å². The topological polar surface area (TPSA) is 102 Å². The highest BCUT2D eigenvalue weighted by atomic mass is 19.4. The molecule has 2 saturated carbocycles. The monoisotopic (exact) mass is 670 g/mol. The molecule has 254 valence electrons. The average molecular weight is 671 g/mol. The van der Waals surface area contributed by atoms with Crippen LogP contribution in [0.4, 0.5) is 24.7 Å². The van der Waals surface area contributed by atoms with Crippen LogP contribution in [0, 0.1) is 11.3 Å². The lowest BCUT2D eigenvalue weighted by Crippen LogP contribution is -2.55. The SMILES string of the molecule is CC1(C)C2=C=C1C1OB([C@H](CC3CCC3)NC(=O)[C@H](Cc3ccccc3)NC(=O)c3cccnc3Nc3cccc(C(F)(F)F)c3)O[C@@H]1C2. The van der Waals surface area contributed by atoms with Crippen molar-refractivity contribution in [2.75, 3.05) is 5.32 Å². The molecule has 5 aliphatic rings. The van der Waals surface area contributed by atoms with Gasteiger partial charge in [0.15, 0.2) is 0 Å². The Labute approximate surface area is 283 Å². The van der Waals surface area contributed by atoms with Crippen LogP contribution in [0.15, 0.2) is 89.8 Å². The zero-order chi connectivity index (χ0) is 34.3. The molecule has 0 spiro atoms. The summed E-state index contributed by atoms with van der Waals surface area (Å²) >= 11 is 0. The Morgan fingerprint density at radius 1 is 1.04 bits per heavy atom. The van der Waals surface area contributed by atoms with Crippen LogP contribution in [0.1, 0.15) is 67.4 Å². The van der Waals surface area contributed by atoms with E-state index in [9.17, 15) is 22.8 Å². The predicted octanol–water partition coefficient (Wildman–Crippen LogP) is 6.57. The van der Waals surface area contributed by atoms with Crippen LogP contribution < -0.4 is 16.0 Å². The van der Waals surface area contributed by atoms with Crippen molar-refractivity contribution in [1.82, 2.24) is 15.6 Å². The van der Waals surface area contributed by atoms with Crippen LogP contribution in [0.25, 0.3) is 0 Å². The fourth-order valence-electron chi connectivity index (χ4n) is 7.12. The average Bonchev–Trinajstić information content (AvgIpc) is 3.50. The molecule has 4 aliphatic carbocycles. The van der Waals surface area contributed by atoms with Crippen molar-refractivity contribution in [2.45, 2.75) is 82.7 Å². The summed E-state index contributed by atoms with van der Waals surface area (Å²) in [6.45, 7) is 4.35. The summed E-state index contributed by atoms with van der Waals surface area (Å²) in [5, 5.41) is 8.92. The minimum Gasteiger partial charge on any atom is -0.404 e. The summed E-state index contributed by atoms with van der Waals surface area (Å²) in [6.07, 6.45) is 1.52. The molecule has 1 unspecified atom stereocenters. The summed E-state index contributed by atoms with van der Waals surface area (Å²) in [5.74, 6) is -0.921. The van der Waals surface area contributed by atoms with E-state index in [4.69, 9.17) is 9.31 Å². The van der Waals surface area contributed by atoms with E-state index in [0.717, 1.165) is 49.0 Å². The first-order valence-corrected chi connectivity index (χ1v) is 16.8. The van der Waals surface area contributed by atoms with Crippen molar-refractivity contribution in [3.8, 4) is 0 Å². The highest BCUT2D eigenvalue weighted by molar-refractivity contribution is 6.47. The van der Waals surface area contributed by atoms with Crippen molar-refractivity contribution in [3.05, 3.63) is 106 Å². The van der Waals surface area contributed by atoms with E-state index in [2.05, 4.69) is 40.5 Å². The van der Waals surface area contributed by atoms with Crippen molar-refractivity contribution in [1.29, 1.82) is 0 Å². The molecule has 4 atom stereocenters. The highest BCUT2D eigenvalue weighted by Gasteiger charge is 2.56. The van der Waals surface area contributed by atoms with E-state index in [-0.39, 0.29) is 47.0 Å². The second kappa shape index (κ2) is 13.2. The molecule has 12 heteroatoms. The second-order valence-electron chi connectivity index (χ2n) is 13.9. The van der Waals surface area contributed by atoms with Crippen molar-refractivity contribution < 1.29 is 32.1 Å². The van der Waals surface area contributed by atoms with E-state index in [1.807, 2.05) is 30.3 Å². The standard InChI is InChI=1S/C37H38BF3N4O4/c1-36(2)25-20-28(36)32-30(21-25)48-38(49-32)31(18-23-11-6-12-23)45-35(47)29(17-22-9-4-3-5-10-22)44-34(46)27-15-8-16-42-33(27)43-26-14-7-13-24(19-26)37(39,40)41/h3-5,7-10,13-16,19,23,29-32H,6,11-12,17-18,21H2,1-2H3,(H,42,43)(H,44,46)(H,45,47)/t29-,30+,31-,32?/m0/s1. The number of carbonyl (C=O) groups is 2. The Balaban J connectivity index is 1.10. The van der Waals surface area contributed by atoms with Crippen molar-refractivity contribution >= 4 is 30.4 Å². The largest absolute Gasteiger partial charge is 0.481 e. The number of hydrogen-bond acceptors (Lipinski definition) is 6. The second-order valence-corrected chi connectivity index (χ2v) is 13.9. The summed E-state index contributed by atoms with van der Waals surface area (Å²) < 4.78 is 53.0. The van der Waals surface area contributed by atoms with Gasteiger partial charge in [-0.15, -0.1) is 5.73 Å². The van der Waals surface area contributed by atoms with E-state index in [0.29, 0.717) is 12.3 Å². The molecule has 8 nitrogen and oxygen atoms in total. The number of benzene rings is 2. The number of nitrogens with zero attached hydrogens (tertiary/aromatic N) is 1. The smallest absolute Gasteiger partial charge is 0.404 e. The molecule has 49 heavy (non-hydrogen) atoms. The summed E-state index contributed by atoms with van der Waals surface area (Å²) in [5.41, 5.74) is 5.93. The predicted molar refractivity (Wildman–Crippen MR) is 179 cm³/mol. The molecular formula is C37H38BF3N4O4. The van der Waals surface area contributed by atoms with E-state index >= 15 is 0 Å². The van der Waals surface area contributed by atoms with Crippen LogP contribution in [-0.4, -0.2) is 48.1 Å². The van der Waals surface area contributed by atoms with Gasteiger partial charge in [-0.2, -0.15) is 13.2 Å². The maximum atomic E-state index is 14.2. The molecule has 1 saturated heterocycles. The quantitative estimate of drug-likeness (QED) is 0.158. The van der Waals surface area contributed by atoms with Gasteiger partial charge in [-0.25, -0.2) is 4.98 Å². The van der Waals surface area contributed by atoms with Crippen molar-refractivity contribution in [2.24, 2.45) is 11.3 Å². The van der Waals surface area contributed by atoms with Crippen LogP contribution in [0.5, 0.6) is 0 Å². The lowest BCUT2D eigenvalue weighted by atomic mass is 9.61. The third-order valence-corrected chi connectivity index (χ3v) is 10.2. The molecule has 2 amide bonds. The molecule has 3 fully saturated rings. The minimum absolute atomic E-state index is 0.0571. The third kappa shape index (κ3) is 6.91. The van der Waals surface area contributed by atoms with Gasteiger partial charge in [0.25, 0.3) is 5.91 Å². The van der Waals surface area contributed by atoms with Crippen LogP contribution in [0.3, 0.4) is 0 Å². The third-order valence-electron chi connectivity index (χ3n) is 10.2. The lowest BCUT2D eigenvalue weighted by molar-refractivity contribution is -0.137. The number of carbonyl (C=O) groups excluding carboxylic acids is 2. The number of alkyl halides is 3. The van der Waals surface area contributed by atoms with Gasteiger partial charge in [-0.1, -0.05) is 69.5 Å². The first-order valence-electron chi connectivity index (χ1n) is 16.8. The first-order chi connectivity index (χ1) is 23.5. The van der Waals surface area contributed by atoms with E-state index in [1.54, 1.807) is 6.07 Å². The van der Waals surface area contributed by atoms with Gasteiger partial charge in [-0.05, 0) is 53.8 Å². The minimum atomic E-state index is -4.53. The van der Waals surface area contributed by atoms with Crippen LogP contribution >= 0.6 is 0 Å². The maximum absolute atomic E-state index is 14.2. The molecule has 3 N–H and O–H groups in total. The summed E-state index contributed by atoms with van der Waals surface area (Å²) in [6, 6.07) is 16.1. The fraction of sp³-hybridized carbons (Fsp3) is 0.405. The Morgan fingerprint density at radius 2 is 1.84 bits per heavy atom. The molecule has 2 aromatic carbocycles. The van der Waals surface area contributed by atoms with E-state index < -0.39 is 36.7 Å². The number of hydrogen-bond donors (Lipinski definition) is 3. The van der Waals surface area contributed by atoms with Gasteiger partial charge < -0.3 is 25.3 Å². The number of halogens is 3. The maximum Gasteiger partial charge on any atom is 0.481 e. The molecule has 1 aliphatic heterocycles. The van der Waals surface area contributed by atoms with Crippen molar-refractivity contribution in [3.63, 3.8) is 0 Å². The summed E-state index contributed by atoms with van der Waals surface area (Å²) in [7, 11) is -0.640. The van der Waals surface area contributed by atoms with Gasteiger partial charge in [0.1, 0.15) is 11.9 Å². The zero-order valence-corrected chi connectivity index (χ0v) is 27.3. The Morgan fingerprint density at radius 3 is 2.55 bits per heavy atom. The molecule has 3 aromatic rings. The first kappa shape index (κ1) is 33.1. The zero-order valence-electron chi connectivity index (χ0n) is 27.3. The number of amides is 2. The molecule has 8 rings (SSSR count). The Kier molecular flexibility index (Phi) is 8.90. The van der Waals surface area contributed by atoms with Gasteiger partial charge in [0.2, 0.25) is 5.91 Å². The molecule has 0 radical (unpaired) electrons. The molecule has 2 bridgehead atoms. The number of anilines is 2. The van der Waals surface area contributed by atoms with Gasteiger partial charge in [0, 0.05) is 35.7 Å². The van der Waals surface area contributed by atoms with Crippen LogP contribution in [-0.2, 0) is 26.7 Å². The fourth-order valence-corrected chi connectivity index (χ4v) is 7.12. The molecular weight excluding hydrogens is 632 g/mol. The lowest BCUT2D eigenvalue weighted by Gasteiger charge is -2.45. The Hall–Kier alpha value is -4.38. The number of aromatic nitrogens is 1. The molecule has 2 heterocycles. The summed E-state index contributed by atoms with van der Waals surface area (Å²) in [4.78, 5) is 32.2. The Bertz CT molecular complexity index is 1810. The highest BCUT2D eigenvalue weighted by Crippen LogP contribution is 2.53. The van der Waals surface area contributed by atoms with Gasteiger partial charge in [-0.3, -0.25) is 9.59 Å². The van der Waals surface area contributed by atoms with E-state index in [1.165, 1.54) is 30.0 Å². The van der Waals surface area contributed by atoms with Gasteiger partial charge in [0.05, 0.1) is 29.3 Å². The molecule has 1 aromatic heterocycles. The number of rotatable bonds is 11. The number of pyridine rings is 1. The number of nitrogens with one attached hydrogen (secondary N) is 3.